The summed E-state index contributed by atoms with van der Waals surface area (Å²) in [5, 5.41) is 10.5. The maximum atomic E-state index is 10.5. The van der Waals surface area contributed by atoms with Crippen molar-refractivity contribution < 1.29 is 5.11 Å². The van der Waals surface area contributed by atoms with Crippen LogP contribution in [0, 0.1) is 0 Å². The molecule has 1 aromatic carbocycles. The zero-order chi connectivity index (χ0) is 14.7. The van der Waals surface area contributed by atoms with Crippen molar-refractivity contribution in [3.05, 3.63) is 35.4 Å². The van der Waals surface area contributed by atoms with Crippen molar-refractivity contribution in [2.75, 3.05) is 33.7 Å². The lowest BCUT2D eigenvalue weighted by atomic mass is 9.96. The van der Waals surface area contributed by atoms with Crippen molar-refractivity contribution in [3.63, 3.8) is 0 Å². The molecule has 1 aliphatic rings. The van der Waals surface area contributed by atoms with E-state index in [1.165, 1.54) is 11.1 Å². The van der Waals surface area contributed by atoms with Crippen molar-refractivity contribution in [1.82, 2.24) is 9.80 Å². The summed E-state index contributed by atoms with van der Waals surface area (Å²) in [4.78, 5) is 4.59. The van der Waals surface area contributed by atoms with E-state index in [0.717, 1.165) is 26.1 Å². The first-order valence-electron chi connectivity index (χ1n) is 7.63. The van der Waals surface area contributed by atoms with Gasteiger partial charge < -0.3 is 10.0 Å². The fourth-order valence-corrected chi connectivity index (χ4v) is 2.88. The molecule has 1 aromatic rings. The predicted molar refractivity (Wildman–Crippen MR) is 84.2 cm³/mol. The molecule has 0 bridgehead atoms. The van der Waals surface area contributed by atoms with Gasteiger partial charge in [0.05, 0.1) is 6.10 Å². The fourth-order valence-electron chi connectivity index (χ4n) is 2.88. The molecule has 1 fully saturated rings. The number of piperazine rings is 1. The lowest BCUT2D eigenvalue weighted by Crippen LogP contribution is -2.55. The zero-order valence-electron chi connectivity index (χ0n) is 13.2. The number of hydrogen-bond donors (Lipinski definition) is 1. The lowest BCUT2D eigenvalue weighted by Gasteiger charge is -2.40. The minimum atomic E-state index is -0.298. The van der Waals surface area contributed by atoms with Crippen LogP contribution in [0.15, 0.2) is 24.3 Å². The fraction of sp³-hybridized carbons (Fsp3) is 0.647. The molecule has 1 aliphatic heterocycles. The van der Waals surface area contributed by atoms with Crippen LogP contribution in [0.25, 0.3) is 0 Å². The van der Waals surface area contributed by atoms with Gasteiger partial charge in [-0.05, 0) is 37.6 Å². The number of likely N-dealkylation sites (N-methyl/N-ethyl adjacent to an activating group) is 2. The molecule has 112 valence electrons. The van der Waals surface area contributed by atoms with Gasteiger partial charge in [-0.15, -0.1) is 0 Å². The molecule has 0 radical (unpaired) electrons. The highest BCUT2D eigenvalue weighted by atomic mass is 16.3. The molecule has 0 aromatic heterocycles. The third kappa shape index (κ3) is 3.81. The van der Waals surface area contributed by atoms with E-state index in [-0.39, 0.29) is 12.1 Å². The number of nitrogens with zero attached hydrogens (tertiary/aromatic N) is 2. The van der Waals surface area contributed by atoms with Crippen LogP contribution in [0.4, 0.5) is 0 Å². The van der Waals surface area contributed by atoms with E-state index >= 15 is 0 Å². The molecular weight excluding hydrogens is 248 g/mol. The second-order valence-electron chi connectivity index (χ2n) is 6.48. The van der Waals surface area contributed by atoms with Gasteiger partial charge in [0.1, 0.15) is 0 Å². The molecule has 0 spiro atoms. The summed E-state index contributed by atoms with van der Waals surface area (Å²) in [6.07, 6.45) is 0.439. The van der Waals surface area contributed by atoms with Crippen molar-refractivity contribution in [2.45, 2.75) is 38.3 Å². The summed E-state index contributed by atoms with van der Waals surface area (Å²) in [6.45, 7) is 7.47. The Morgan fingerprint density at radius 1 is 1.15 bits per heavy atom. The van der Waals surface area contributed by atoms with Crippen LogP contribution in [0.2, 0.25) is 0 Å². The molecular formula is C17H28N2O. The highest BCUT2D eigenvalue weighted by Crippen LogP contribution is 2.18. The first kappa shape index (κ1) is 15.5. The highest BCUT2D eigenvalue weighted by molar-refractivity contribution is 5.25. The maximum absolute atomic E-state index is 10.5. The molecule has 0 aliphatic carbocycles. The Morgan fingerprint density at radius 3 is 2.40 bits per heavy atom. The minimum absolute atomic E-state index is 0.235. The van der Waals surface area contributed by atoms with E-state index < -0.39 is 0 Å². The Hall–Kier alpha value is -0.900. The first-order chi connectivity index (χ1) is 9.47. The molecule has 2 atom stereocenters. The Balaban J connectivity index is 1.97. The lowest BCUT2D eigenvalue weighted by molar-refractivity contribution is 0.0153. The van der Waals surface area contributed by atoms with Gasteiger partial charge in [-0.1, -0.05) is 38.1 Å². The van der Waals surface area contributed by atoms with Crippen molar-refractivity contribution >= 4 is 0 Å². The quantitative estimate of drug-likeness (QED) is 0.911. The van der Waals surface area contributed by atoms with Crippen molar-refractivity contribution in [3.8, 4) is 0 Å². The number of benzene rings is 1. The van der Waals surface area contributed by atoms with Gasteiger partial charge in [0.15, 0.2) is 0 Å². The maximum Gasteiger partial charge on any atom is 0.0747 e. The first-order valence-corrected chi connectivity index (χ1v) is 7.63. The largest absolute Gasteiger partial charge is 0.391 e. The van der Waals surface area contributed by atoms with E-state index in [2.05, 4.69) is 62.0 Å². The molecule has 0 amide bonds. The molecule has 2 rings (SSSR count). The van der Waals surface area contributed by atoms with Crippen LogP contribution in [0.5, 0.6) is 0 Å². The third-order valence-electron chi connectivity index (χ3n) is 4.43. The van der Waals surface area contributed by atoms with E-state index in [0.29, 0.717) is 5.92 Å². The average Bonchev–Trinajstić information content (AvgIpc) is 2.42. The van der Waals surface area contributed by atoms with Gasteiger partial charge in [-0.3, -0.25) is 4.90 Å². The van der Waals surface area contributed by atoms with Crippen LogP contribution in [0.3, 0.4) is 0 Å². The molecule has 3 heteroatoms. The van der Waals surface area contributed by atoms with Gasteiger partial charge in [-0.25, -0.2) is 0 Å². The number of hydrogen-bond acceptors (Lipinski definition) is 3. The van der Waals surface area contributed by atoms with E-state index in [9.17, 15) is 5.11 Å². The summed E-state index contributed by atoms with van der Waals surface area (Å²) < 4.78 is 0. The molecule has 3 nitrogen and oxygen atoms in total. The van der Waals surface area contributed by atoms with E-state index in [1.807, 2.05) is 0 Å². The topological polar surface area (TPSA) is 26.7 Å². The van der Waals surface area contributed by atoms with E-state index in [1.54, 1.807) is 0 Å². The van der Waals surface area contributed by atoms with Crippen LogP contribution >= 0.6 is 0 Å². The van der Waals surface area contributed by atoms with E-state index in [4.69, 9.17) is 0 Å². The van der Waals surface area contributed by atoms with Crippen LogP contribution in [0.1, 0.15) is 30.9 Å². The molecule has 2 unspecified atom stereocenters. The summed E-state index contributed by atoms with van der Waals surface area (Å²) >= 11 is 0. The van der Waals surface area contributed by atoms with Gasteiger partial charge in [-0.2, -0.15) is 0 Å². The Labute approximate surface area is 123 Å². The molecule has 1 N–H and O–H groups in total. The summed E-state index contributed by atoms with van der Waals surface area (Å²) in [6, 6.07) is 8.92. The van der Waals surface area contributed by atoms with Crippen LogP contribution < -0.4 is 0 Å². The monoisotopic (exact) mass is 276 g/mol. The molecule has 20 heavy (non-hydrogen) atoms. The standard InChI is InChI=1S/C17H28N2O/c1-13(2)15-7-5-14(6-8-15)11-17(20)16-12-18(3)9-10-19(16)4/h5-8,13,16-17,20H,9-12H2,1-4H3. The minimum Gasteiger partial charge on any atom is -0.391 e. The van der Waals surface area contributed by atoms with Gasteiger partial charge in [0.25, 0.3) is 0 Å². The average molecular weight is 276 g/mol. The highest BCUT2D eigenvalue weighted by Gasteiger charge is 2.28. The smallest absolute Gasteiger partial charge is 0.0747 e. The van der Waals surface area contributed by atoms with Gasteiger partial charge in [0, 0.05) is 25.7 Å². The summed E-state index contributed by atoms with van der Waals surface area (Å²) in [5.74, 6) is 0.562. The van der Waals surface area contributed by atoms with Gasteiger partial charge >= 0.3 is 0 Å². The Morgan fingerprint density at radius 2 is 1.80 bits per heavy atom. The molecule has 0 saturated carbocycles. The third-order valence-corrected chi connectivity index (χ3v) is 4.43. The number of rotatable bonds is 4. The van der Waals surface area contributed by atoms with Crippen LogP contribution in [-0.2, 0) is 6.42 Å². The SMILES string of the molecule is CC(C)c1ccc(CC(O)C2CN(C)CCN2C)cc1. The van der Waals surface area contributed by atoms with Crippen LogP contribution in [-0.4, -0.2) is 60.8 Å². The predicted octanol–water partition coefficient (Wildman–Crippen LogP) is 1.96. The zero-order valence-corrected chi connectivity index (χ0v) is 13.2. The normalized spacial score (nSPS) is 23.2. The van der Waals surface area contributed by atoms with Crippen molar-refractivity contribution in [2.24, 2.45) is 0 Å². The summed E-state index contributed by atoms with van der Waals surface area (Å²) in [5.41, 5.74) is 2.58. The molecule has 1 saturated heterocycles. The number of aliphatic hydroxyl groups excluding tert-OH is 1. The second kappa shape index (κ2) is 6.70. The number of aliphatic hydroxyl groups is 1. The second-order valence-corrected chi connectivity index (χ2v) is 6.48. The van der Waals surface area contributed by atoms with Crippen molar-refractivity contribution in [1.29, 1.82) is 0 Å². The Bertz CT molecular complexity index is 416. The Kier molecular flexibility index (Phi) is 5.19. The van der Waals surface area contributed by atoms with Gasteiger partial charge in [0.2, 0.25) is 0 Å². The molecule has 1 heterocycles. The summed E-state index contributed by atoms with van der Waals surface area (Å²) in [7, 11) is 4.24.